The van der Waals surface area contributed by atoms with Gasteiger partial charge >= 0.3 is 0 Å². The minimum Gasteiger partial charge on any atom is -0.359 e. The summed E-state index contributed by atoms with van der Waals surface area (Å²) >= 11 is 3.27. The number of aryl methyl sites for hydroxylation is 2. The number of hydrogen-bond donors (Lipinski definition) is 1. The molecule has 0 saturated carbocycles. The Balaban J connectivity index is 2.40. The van der Waals surface area contributed by atoms with Crippen molar-refractivity contribution in [1.29, 1.82) is 0 Å². The average Bonchev–Trinajstić information content (AvgIpc) is 2.62. The predicted octanol–water partition coefficient (Wildman–Crippen LogP) is 2.85. The van der Waals surface area contributed by atoms with Crippen LogP contribution in [0, 0.1) is 13.8 Å². The molecule has 0 aliphatic carbocycles. The first-order valence-corrected chi connectivity index (χ1v) is 7.37. The molecule has 0 fully saturated rings. The highest BCUT2D eigenvalue weighted by Gasteiger charge is 2.17. The Labute approximate surface area is 113 Å². The van der Waals surface area contributed by atoms with E-state index in [2.05, 4.69) is 25.8 Å². The molecule has 0 radical (unpaired) electrons. The average molecular weight is 331 g/mol. The summed E-state index contributed by atoms with van der Waals surface area (Å²) in [7, 11) is -3.63. The lowest BCUT2D eigenvalue weighted by atomic mass is 10.2. The van der Waals surface area contributed by atoms with Crippen LogP contribution in [0.15, 0.2) is 38.3 Å². The van der Waals surface area contributed by atoms with Crippen LogP contribution in [-0.4, -0.2) is 13.6 Å². The summed E-state index contributed by atoms with van der Waals surface area (Å²) in [4.78, 5) is 0.190. The molecular formula is C11H11BrN2O3S. The van der Waals surface area contributed by atoms with E-state index in [0.29, 0.717) is 15.9 Å². The lowest BCUT2D eigenvalue weighted by molar-refractivity contribution is 0.398. The minimum absolute atomic E-state index is 0.190. The van der Waals surface area contributed by atoms with Gasteiger partial charge in [-0.05, 0) is 37.6 Å². The van der Waals surface area contributed by atoms with Crippen molar-refractivity contribution in [2.24, 2.45) is 0 Å². The van der Waals surface area contributed by atoms with Gasteiger partial charge in [-0.15, -0.1) is 0 Å². The van der Waals surface area contributed by atoms with Crippen LogP contribution in [0.25, 0.3) is 0 Å². The summed E-state index contributed by atoms with van der Waals surface area (Å²) in [5.41, 5.74) is 1.19. The second-order valence-electron chi connectivity index (χ2n) is 3.87. The number of halogens is 1. The number of hydrogen-bond acceptors (Lipinski definition) is 4. The fourth-order valence-corrected chi connectivity index (χ4v) is 3.44. The molecule has 1 aromatic heterocycles. The van der Waals surface area contributed by atoms with Crippen molar-refractivity contribution in [3.8, 4) is 0 Å². The van der Waals surface area contributed by atoms with E-state index in [0.717, 1.165) is 5.56 Å². The van der Waals surface area contributed by atoms with Crippen LogP contribution in [0.4, 0.5) is 5.69 Å². The van der Waals surface area contributed by atoms with Crippen molar-refractivity contribution >= 4 is 31.6 Å². The zero-order valence-electron chi connectivity index (χ0n) is 9.77. The number of aromatic nitrogens is 1. The maximum absolute atomic E-state index is 12.2. The molecule has 5 nitrogen and oxygen atoms in total. The van der Waals surface area contributed by atoms with Crippen LogP contribution < -0.4 is 4.72 Å². The Kier molecular flexibility index (Phi) is 3.45. The lowest BCUT2D eigenvalue weighted by Crippen LogP contribution is -2.13. The Morgan fingerprint density at radius 1 is 1.28 bits per heavy atom. The molecule has 0 aliphatic rings. The van der Waals surface area contributed by atoms with Crippen LogP contribution in [0.3, 0.4) is 0 Å². The van der Waals surface area contributed by atoms with Gasteiger partial charge in [0.1, 0.15) is 5.69 Å². The van der Waals surface area contributed by atoms with E-state index in [-0.39, 0.29) is 4.90 Å². The molecule has 18 heavy (non-hydrogen) atoms. The first-order valence-electron chi connectivity index (χ1n) is 5.10. The van der Waals surface area contributed by atoms with Gasteiger partial charge in [0, 0.05) is 4.47 Å². The number of nitrogens with one attached hydrogen (secondary N) is 1. The molecule has 2 aromatic rings. The summed E-state index contributed by atoms with van der Waals surface area (Å²) in [6.45, 7) is 3.46. The topological polar surface area (TPSA) is 72.2 Å². The van der Waals surface area contributed by atoms with Crippen molar-refractivity contribution in [3.63, 3.8) is 0 Å². The molecule has 0 spiro atoms. The quantitative estimate of drug-likeness (QED) is 0.939. The number of anilines is 1. The highest BCUT2D eigenvalue weighted by atomic mass is 79.9. The summed E-state index contributed by atoms with van der Waals surface area (Å²) in [5, 5.41) is 3.52. The highest BCUT2D eigenvalue weighted by molar-refractivity contribution is 9.10. The Morgan fingerprint density at radius 3 is 2.56 bits per heavy atom. The Hall–Kier alpha value is -1.34. The van der Waals surface area contributed by atoms with Gasteiger partial charge in [0.15, 0.2) is 5.76 Å². The molecule has 0 amide bonds. The first-order chi connectivity index (χ1) is 8.38. The minimum atomic E-state index is -3.63. The van der Waals surface area contributed by atoms with Crippen molar-refractivity contribution < 1.29 is 12.9 Å². The standard InChI is InChI=1S/C11H11BrN2O3S/c1-7-3-9(12)5-10(4-7)18(15,16)14-11-6-13-17-8(11)2/h3-6,14H,1-2H3. The van der Waals surface area contributed by atoms with E-state index in [9.17, 15) is 8.42 Å². The van der Waals surface area contributed by atoms with Gasteiger partial charge in [0.05, 0.1) is 11.1 Å². The van der Waals surface area contributed by atoms with E-state index in [4.69, 9.17) is 4.52 Å². The van der Waals surface area contributed by atoms with Gasteiger partial charge < -0.3 is 4.52 Å². The molecule has 1 N–H and O–H groups in total. The molecule has 96 valence electrons. The zero-order valence-corrected chi connectivity index (χ0v) is 12.2. The summed E-state index contributed by atoms with van der Waals surface area (Å²) in [6.07, 6.45) is 1.33. The van der Waals surface area contributed by atoms with E-state index in [1.165, 1.54) is 12.3 Å². The van der Waals surface area contributed by atoms with Crippen LogP contribution >= 0.6 is 15.9 Å². The van der Waals surface area contributed by atoms with Crippen molar-refractivity contribution in [2.45, 2.75) is 18.7 Å². The highest BCUT2D eigenvalue weighted by Crippen LogP contribution is 2.22. The summed E-state index contributed by atoms with van der Waals surface area (Å²) in [5.74, 6) is 0.422. The molecule has 1 heterocycles. The van der Waals surface area contributed by atoms with Gasteiger partial charge in [-0.2, -0.15) is 0 Å². The van der Waals surface area contributed by atoms with Gasteiger partial charge in [0.25, 0.3) is 10.0 Å². The molecule has 0 bridgehead atoms. The van der Waals surface area contributed by atoms with E-state index in [1.807, 2.05) is 13.0 Å². The van der Waals surface area contributed by atoms with Gasteiger partial charge in [0.2, 0.25) is 0 Å². The summed E-state index contributed by atoms with van der Waals surface area (Å²) in [6, 6.07) is 4.97. The van der Waals surface area contributed by atoms with E-state index in [1.54, 1.807) is 13.0 Å². The van der Waals surface area contributed by atoms with Crippen LogP contribution in [0.5, 0.6) is 0 Å². The number of benzene rings is 1. The molecule has 2 rings (SSSR count). The zero-order chi connectivity index (χ0) is 13.3. The maximum atomic E-state index is 12.2. The Morgan fingerprint density at radius 2 is 2.00 bits per heavy atom. The van der Waals surface area contributed by atoms with Crippen LogP contribution in [-0.2, 0) is 10.0 Å². The van der Waals surface area contributed by atoms with Gasteiger partial charge in [-0.25, -0.2) is 8.42 Å². The number of nitrogens with zero attached hydrogens (tertiary/aromatic N) is 1. The molecule has 0 unspecified atom stereocenters. The molecule has 0 atom stereocenters. The van der Waals surface area contributed by atoms with Gasteiger partial charge in [-0.3, -0.25) is 4.72 Å². The van der Waals surface area contributed by atoms with Crippen molar-refractivity contribution in [1.82, 2.24) is 5.16 Å². The normalized spacial score (nSPS) is 11.5. The molecule has 0 aliphatic heterocycles. The molecule has 7 heteroatoms. The van der Waals surface area contributed by atoms with Crippen LogP contribution in [0.1, 0.15) is 11.3 Å². The number of sulfonamides is 1. The van der Waals surface area contributed by atoms with Crippen molar-refractivity contribution in [2.75, 3.05) is 4.72 Å². The Bertz CT molecular complexity index is 659. The van der Waals surface area contributed by atoms with Crippen LogP contribution in [0.2, 0.25) is 0 Å². The summed E-state index contributed by atoms with van der Waals surface area (Å²) < 4.78 is 32.3. The smallest absolute Gasteiger partial charge is 0.262 e. The third-order valence-corrected chi connectivity index (χ3v) is 4.12. The van der Waals surface area contributed by atoms with E-state index < -0.39 is 10.0 Å². The fraction of sp³-hybridized carbons (Fsp3) is 0.182. The largest absolute Gasteiger partial charge is 0.359 e. The third-order valence-electron chi connectivity index (χ3n) is 2.32. The number of rotatable bonds is 3. The maximum Gasteiger partial charge on any atom is 0.262 e. The first kappa shape index (κ1) is 13.1. The monoisotopic (exact) mass is 330 g/mol. The second kappa shape index (κ2) is 4.74. The lowest BCUT2D eigenvalue weighted by Gasteiger charge is -2.07. The molecular weight excluding hydrogens is 320 g/mol. The third kappa shape index (κ3) is 2.73. The molecule has 1 aromatic carbocycles. The SMILES string of the molecule is Cc1cc(Br)cc(S(=O)(=O)Nc2cnoc2C)c1. The second-order valence-corrected chi connectivity index (χ2v) is 6.46. The molecule has 0 saturated heterocycles. The fourth-order valence-electron chi connectivity index (χ4n) is 1.46. The van der Waals surface area contributed by atoms with E-state index >= 15 is 0 Å². The van der Waals surface area contributed by atoms with Crippen molar-refractivity contribution in [3.05, 3.63) is 40.2 Å². The van der Waals surface area contributed by atoms with Gasteiger partial charge in [-0.1, -0.05) is 21.1 Å². The predicted molar refractivity (Wildman–Crippen MR) is 70.9 cm³/mol.